The second-order valence-corrected chi connectivity index (χ2v) is 7.54. The minimum atomic E-state index is -0.146. The molecule has 9 heteroatoms. The highest BCUT2D eigenvalue weighted by Crippen LogP contribution is 2.30. The summed E-state index contributed by atoms with van der Waals surface area (Å²) in [6.07, 6.45) is 5.31. The molecule has 4 rings (SSSR count). The molecule has 1 aromatic carbocycles. The first-order chi connectivity index (χ1) is 14.2. The number of amides is 2. The van der Waals surface area contributed by atoms with Gasteiger partial charge in [0.15, 0.2) is 11.5 Å². The van der Waals surface area contributed by atoms with Crippen molar-refractivity contribution in [3.05, 3.63) is 30.1 Å². The van der Waals surface area contributed by atoms with Gasteiger partial charge in [0.1, 0.15) is 5.69 Å². The number of methoxy groups -OCH3 is 2. The molecule has 2 heterocycles. The number of carbonyl (C=O) groups is 1. The maximum absolute atomic E-state index is 12.6. The van der Waals surface area contributed by atoms with Crippen molar-refractivity contribution in [1.29, 1.82) is 0 Å². The topological polar surface area (TPSA) is 90.7 Å². The van der Waals surface area contributed by atoms with E-state index in [1.165, 1.54) is 12.8 Å². The molecule has 2 fully saturated rings. The Labute approximate surface area is 169 Å². The molecule has 9 nitrogen and oxygen atoms in total. The fourth-order valence-electron chi connectivity index (χ4n) is 3.43. The Hall–Kier alpha value is -2.81. The van der Waals surface area contributed by atoms with Gasteiger partial charge in [-0.05, 0) is 37.3 Å². The molecule has 156 valence electrons. The number of rotatable bonds is 8. The van der Waals surface area contributed by atoms with Crippen LogP contribution in [0.5, 0.6) is 11.5 Å². The zero-order valence-electron chi connectivity index (χ0n) is 16.8. The van der Waals surface area contributed by atoms with Crippen molar-refractivity contribution in [2.24, 2.45) is 5.92 Å². The van der Waals surface area contributed by atoms with Crippen molar-refractivity contribution in [2.75, 3.05) is 39.2 Å². The normalized spacial score (nSPS) is 18.7. The number of urea groups is 1. The van der Waals surface area contributed by atoms with Crippen molar-refractivity contribution in [2.45, 2.75) is 31.9 Å². The van der Waals surface area contributed by atoms with Crippen LogP contribution in [0.15, 0.2) is 24.4 Å². The Kier molecular flexibility index (Phi) is 5.84. The summed E-state index contributed by atoms with van der Waals surface area (Å²) in [5, 5.41) is 11.3. The fourth-order valence-corrected chi connectivity index (χ4v) is 3.43. The van der Waals surface area contributed by atoms with Crippen LogP contribution in [0.25, 0.3) is 0 Å². The molecule has 29 heavy (non-hydrogen) atoms. The number of nitrogens with one attached hydrogen (secondary N) is 1. The highest BCUT2D eigenvalue weighted by atomic mass is 16.5. The van der Waals surface area contributed by atoms with Gasteiger partial charge in [-0.2, -0.15) is 0 Å². The first kappa shape index (κ1) is 19.5. The number of hydrogen-bond acceptors (Lipinski definition) is 6. The van der Waals surface area contributed by atoms with Gasteiger partial charge in [-0.25, -0.2) is 9.48 Å². The van der Waals surface area contributed by atoms with E-state index < -0.39 is 0 Å². The lowest BCUT2D eigenvalue weighted by Gasteiger charge is -2.18. The summed E-state index contributed by atoms with van der Waals surface area (Å²) in [7, 11) is 3.15. The van der Waals surface area contributed by atoms with Gasteiger partial charge in [0.05, 0.1) is 33.1 Å². The maximum atomic E-state index is 12.6. The predicted octanol–water partition coefficient (Wildman–Crippen LogP) is 2.70. The molecule has 2 aliphatic rings. The second-order valence-electron chi connectivity index (χ2n) is 7.54. The van der Waals surface area contributed by atoms with Gasteiger partial charge in [0.2, 0.25) is 0 Å². The van der Waals surface area contributed by atoms with E-state index in [-0.39, 0.29) is 12.1 Å². The number of likely N-dealkylation sites (tertiary alicyclic amines) is 1. The minimum absolute atomic E-state index is 0.121. The smallest absolute Gasteiger partial charge is 0.321 e. The first-order valence-electron chi connectivity index (χ1n) is 9.92. The zero-order valence-corrected chi connectivity index (χ0v) is 16.8. The standard InChI is InChI=1S/C20H27N5O4/c1-27-18-6-5-15(9-19(18)28-2)21-20(26)24-8-7-17(11-24)25-10-16(22-23-25)13-29-12-14-3-4-14/h5-6,9-10,14,17H,3-4,7-8,11-13H2,1-2H3,(H,21,26). The Morgan fingerprint density at radius 3 is 2.79 bits per heavy atom. The Morgan fingerprint density at radius 2 is 2.03 bits per heavy atom. The molecule has 1 atom stereocenters. The van der Waals surface area contributed by atoms with Crippen LogP contribution in [0.3, 0.4) is 0 Å². The van der Waals surface area contributed by atoms with Gasteiger partial charge in [0.25, 0.3) is 0 Å². The van der Waals surface area contributed by atoms with Crippen molar-refractivity contribution < 1.29 is 19.0 Å². The van der Waals surface area contributed by atoms with Gasteiger partial charge in [0, 0.05) is 31.5 Å². The fraction of sp³-hybridized carbons (Fsp3) is 0.550. The van der Waals surface area contributed by atoms with Crippen LogP contribution in [0.4, 0.5) is 10.5 Å². The summed E-state index contributed by atoms with van der Waals surface area (Å²) >= 11 is 0. The number of aromatic nitrogens is 3. The highest BCUT2D eigenvalue weighted by Gasteiger charge is 2.28. The van der Waals surface area contributed by atoms with Crippen LogP contribution in [0, 0.1) is 5.92 Å². The van der Waals surface area contributed by atoms with Crippen LogP contribution in [0.2, 0.25) is 0 Å². The molecule has 1 aliphatic carbocycles. The summed E-state index contributed by atoms with van der Waals surface area (Å²) < 4.78 is 18.0. The van der Waals surface area contributed by atoms with E-state index in [0.717, 1.165) is 24.6 Å². The molecule has 1 N–H and O–H groups in total. The molecule has 1 aliphatic heterocycles. The molecule has 1 saturated carbocycles. The molecule has 0 spiro atoms. The molecular formula is C20H27N5O4. The molecule has 1 saturated heterocycles. The van der Waals surface area contributed by atoms with Crippen LogP contribution >= 0.6 is 0 Å². The van der Waals surface area contributed by atoms with Gasteiger partial charge < -0.3 is 24.4 Å². The van der Waals surface area contributed by atoms with E-state index in [2.05, 4.69) is 15.6 Å². The predicted molar refractivity (Wildman–Crippen MR) is 106 cm³/mol. The number of benzene rings is 1. The second kappa shape index (κ2) is 8.69. The van der Waals surface area contributed by atoms with Gasteiger partial charge in [-0.3, -0.25) is 0 Å². The van der Waals surface area contributed by atoms with Crippen molar-refractivity contribution >= 4 is 11.7 Å². The number of anilines is 1. The Balaban J connectivity index is 1.30. The monoisotopic (exact) mass is 401 g/mol. The van der Waals surface area contributed by atoms with Crippen LogP contribution in [-0.2, 0) is 11.3 Å². The molecular weight excluding hydrogens is 374 g/mol. The highest BCUT2D eigenvalue weighted by molar-refractivity contribution is 5.90. The maximum Gasteiger partial charge on any atom is 0.321 e. The summed E-state index contributed by atoms with van der Waals surface area (Å²) in [4.78, 5) is 14.4. The average Bonchev–Trinajstić information content (AvgIpc) is 3.22. The van der Waals surface area contributed by atoms with Crippen LogP contribution in [-0.4, -0.2) is 59.8 Å². The number of carbonyl (C=O) groups excluding carboxylic acids is 1. The van der Waals surface area contributed by atoms with E-state index >= 15 is 0 Å². The van der Waals surface area contributed by atoms with Crippen molar-refractivity contribution in [3.63, 3.8) is 0 Å². The summed E-state index contributed by atoms with van der Waals surface area (Å²) in [6, 6.07) is 5.28. The third-order valence-corrected chi connectivity index (χ3v) is 5.32. The molecule has 0 bridgehead atoms. The van der Waals surface area contributed by atoms with Gasteiger partial charge >= 0.3 is 6.03 Å². The summed E-state index contributed by atoms with van der Waals surface area (Å²) in [5.74, 6) is 1.93. The lowest BCUT2D eigenvalue weighted by Crippen LogP contribution is -2.33. The van der Waals surface area contributed by atoms with Gasteiger partial charge in [-0.15, -0.1) is 5.10 Å². The zero-order chi connectivity index (χ0) is 20.2. The lowest BCUT2D eigenvalue weighted by atomic mass is 10.2. The molecule has 1 aromatic heterocycles. The van der Waals surface area contributed by atoms with E-state index in [0.29, 0.717) is 36.9 Å². The number of ether oxygens (including phenoxy) is 3. The van der Waals surface area contributed by atoms with E-state index in [4.69, 9.17) is 14.2 Å². The molecule has 0 radical (unpaired) electrons. The third kappa shape index (κ3) is 4.79. The number of nitrogens with zero attached hydrogens (tertiary/aromatic N) is 4. The average molecular weight is 401 g/mol. The van der Waals surface area contributed by atoms with Crippen molar-refractivity contribution in [3.8, 4) is 11.5 Å². The summed E-state index contributed by atoms with van der Waals surface area (Å²) in [5.41, 5.74) is 1.49. The third-order valence-electron chi connectivity index (χ3n) is 5.32. The molecule has 1 unspecified atom stereocenters. The number of hydrogen-bond donors (Lipinski definition) is 1. The van der Waals surface area contributed by atoms with E-state index in [1.54, 1.807) is 37.3 Å². The summed E-state index contributed by atoms with van der Waals surface area (Å²) in [6.45, 7) is 2.55. The Bertz CT molecular complexity index is 851. The van der Waals surface area contributed by atoms with Gasteiger partial charge in [-0.1, -0.05) is 5.21 Å². The lowest BCUT2D eigenvalue weighted by molar-refractivity contribution is 0.108. The minimum Gasteiger partial charge on any atom is -0.493 e. The first-order valence-corrected chi connectivity index (χ1v) is 9.92. The van der Waals surface area contributed by atoms with Crippen molar-refractivity contribution in [1.82, 2.24) is 19.9 Å². The Morgan fingerprint density at radius 1 is 1.21 bits per heavy atom. The molecule has 2 aromatic rings. The van der Waals surface area contributed by atoms with Crippen LogP contribution in [0.1, 0.15) is 31.0 Å². The largest absolute Gasteiger partial charge is 0.493 e. The van der Waals surface area contributed by atoms with Crippen LogP contribution < -0.4 is 14.8 Å². The van der Waals surface area contributed by atoms with E-state index in [9.17, 15) is 4.79 Å². The molecule has 2 amide bonds. The quantitative estimate of drug-likeness (QED) is 0.731. The SMILES string of the molecule is COc1ccc(NC(=O)N2CCC(n3cc(COCC4CC4)nn3)C2)cc1OC. The van der Waals surface area contributed by atoms with E-state index in [1.807, 2.05) is 10.9 Å².